The molecule has 0 atom stereocenters. The number of aryl methyl sites for hydroxylation is 1. The van der Waals surface area contributed by atoms with Crippen LogP contribution in [0.2, 0.25) is 0 Å². The maximum absolute atomic E-state index is 11.5. The molecule has 31 heavy (non-hydrogen) atoms. The van der Waals surface area contributed by atoms with Gasteiger partial charge in [0, 0.05) is 0 Å². The van der Waals surface area contributed by atoms with Crippen molar-refractivity contribution in [1.29, 1.82) is 0 Å². The van der Waals surface area contributed by atoms with Gasteiger partial charge in [-0.15, -0.1) is 0 Å². The summed E-state index contributed by atoms with van der Waals surface area (Å²) in [6, 6.07) is 12.4. The second kappa shape index (κ2) is 7.99. The van der Waals surface area contributed by atoms with E-state index in [1.807, 2.05) is 24.3 Å². The van der Waals surface area contributed by atoms with Gasteiger partial charge in [-0.25, -0.2) is 0 Å². The Morgan fingerprint density at radius 3 is 1.90 bits per heavy atom. The van der Waals surface area contributed by atoms with Crippen LogP contribution in [-0.2, 0) is 26.8 Å². The van der Waals surface area contributed by atoms with E-state index in [1.54, 1.807) is 0 Å². The molecule has 0 aromatic heterocycles. The predicted octanol–water partition coefficient (Wildman–Crippen LogP) is 4.53. The Morgan fingerprint density at radius 1 is 0.935 bits per heavy atom. The molecule has 4 nitrogen and oxygen atoms in total. The third-order valence-electron chi connectivity index (χ3n) is 6.95. The van der Waals surface area contributed by atoms with Crippen molar-refractivity contribution in [3.05, 3.63) is 76.4 Å². The maximum atomic E-state index is 11.5. The van der Waals surface area contributed by atoms with E-state index >= 15 is 0 Å². The van der Waals surface area contributed by atoms with Crippen LogP contribution in [0.25, 0.3) is 5.57 Å². The summed E-state index contributed by atoms with van der Waals surface area (Å²) in [5.41, 5.74) is 19.0. The number of nitrogens with two attached hydrogens (primary N) is 2. The van der Waals surface area contributed by atoms with E-state index < -0.39 is 17.7 Å². The van der Waals surface area contributed by atoms with Gasteiger partial charge in [0.15, 0.2) is 0 Å². The molecule has 0 saturated carbocycles. The number of carbonyl (C=O) groups is 2. The molecule has 4 heteroatoms. The molecule has 1 aliphatic carbocycles. The summed E-state index contributed by atoms with van der Waals surface area (Å²) in [6.45, 7) is 15.9. The zero-order valence-corrected chi connectivity index (χ0v) is 19.3. The first kappa shape index (κ1) is 22.8. The smallest absolute Gasteiger partial charge is 0.230 e. The summed E-state index contributed by atoms with van der Waals surface area (Å²) in [5.74, 6) is -2.39. The minimum Gasteiger partial charge on any atom is -0.369 e. The fraction of sp³-hybridized carbons (Fsp3) is 0.407. The summed E-state index contributed by atoms with van der Waals surface area (Å²) in [4.78, 5) is 22.9. The number of primary amides is 2. The molecule has 4 N–H and O–H groups in total. The molecule has 0 heterocycles. The van der Waals surface area contributed by atoms with E-state index in [1.165, 1.54) is 23.1 Å². The van der Waals surface area contributed by atoms with E-state index in [0.29, 0.717) is 0 Å². The second-order valence-corrected chi connectivity index (χ2v) is 10.2. The van der Waals surface area contributed by atoms with Gasteiger partial charge in [0.05, 0.1) is 0 Å². The van der Waals surface area contributed by atoms with Crippen LogP contribution >= 0.6 is 0 Å². The van der Waals surface area contributed by atoms with E-state index in [9.17, 15) is 9.59 Å². The summed E-state index contributed by atoms with van der Waals surface area (Å²) in [5, 5.41) is 0. The molecule has 2 amide bonds. The van der Waals surface area contributed by atoms with Crippen molar-refractivity contribution in [2.45, 2.75) is 64.7 Å². The van der Waals surface area contributed by atoms with Crippen molar-refractivity contribution in [1.82, 2.24) is 0 Å². The van der Waals surface area contributed by atoms with Gasteiger partial charge < -0.3 is 11.5 Å². The number of benzene rings is 2. The summed E-state index contributed by atoms with van der Waals surface area (Å²) >= 11 is 0. The van der Waals surface area contributed by atoms with Crippen molar-refractivity contribution < 1.29 is 9.59 Å². The van der Waals surface area contributed by atoms with Crippen LogP contribution in [0.4, 0.5) is 0 Å². The van der Waals surface area contributed by atoms with Crippen molar-refractivity contribution in [3.8, 4) is 0 Å². The van der Waals surface area contributed by atoms with E-state index in [4.69, 9.17) is 11.5 Å². The molecule has 2 aromatic carbocycles. The van der Waals surface area contributed by atoms with Crippen molar-refractivity contribution >= 4 is 17.4 Å². The van der Waals surface area contributed by atoms with E-state index in [2.05, 4.69) is 53.3 Å². The van der Waals surface area contributed by atoms with Crippen LogP contribution < -0.4 is 11.5 Å². The van der Waals surface area contributed by atoms with Crippen LogP contribution in [0.15, 0.2) is 43.0 Å². The molecular formula is C27H34N2O2. The number of hydrogen-bond acceptors (Lipinski definition) is 2. The van der Waals surface area contributed by atoms with Crippen molar-refractivity contribution in [2.75, 3.05) is 0 Å². The molecule has 0 fully saturated rings. The van der Waals surface area contributed by atoms with Crippen LogP contribution in [0.1, 0.15) is 73.9 Å². The highest BCUT2D eigenvalue weighted by atomic mass is 16.2. The Morgan fingerprint density at radius 2 is 1.42 bits per heavy atom. The Hall–Kier alpha value is -2.88. The SMILES string of the molecule is C=C(c1ccc(CC(C(N)=O)C(N)=O)cc1)c1cc2c(cc1C)C(C)(C)CCC2(C)C. The molecule has 1 aliphatic rings. The summed E-state index contributed by atoms with van der Waals surface area (Å²) in [6.07, 6.45) is 2.56. The van der Waals surface area contributed by atoms with Crippen LogP contribution in [0, 0.1) is 12.8 Å². The van der Waals surface area contributed by atoms with Gasteiger partial charge in [0.1, 0.15) is 5.92 Å². The Balaban J connectivity index is 1.93. The summed E-state index contributed by atoms with van der Waals surface area (Å²) in [7, 11) is 0. The van der Waals surface area contributed by atoms with Gasteiger partial charge in [-0.2, -0.15) is 0 Å². The first-order valence-electron chi connectivity index (χ1n) is 10.9. The van der Waals surface area contributed by atoms with Crippen molar-refractivity contribution in [3.63, 3.8) is 0 Å². The third kappa shape index (κ3) is 4.43. The predicted molar refractivity (Wildman–Crippen MR) is 127 cm³/mol. The Bertz CT molecular complexity index is 1030. The van der Waals surface area contributed by atoms with Gasteiger partial charge in [0.2, 0.25) is 11.8 Å². The first-order chi connectivity index (χ1) is 14.3. The number of carbonyl (C=O) groups excluding carboxylic acids is 2. The first-order valence-corrected chi connectivity index (χ1v) is 10.9. The minimum atomic E-state index is -0.998. The number of hydrogen-bond donors (Lipinski definition) is 2. The summed E-state index contributed by atoms with van der Waals surface area (Å²) < 4.78 is 0. The van der Waals surface area contributed by atoms with Gasteiger partial charge >= 0.3 is 0 Å². The third-order valence-corrected chi connectivity index (χ3v) is 6.95. The molecule has 0 unspecified atom stereocenters. The molecule has 0 spiro atoms. The Kier molecular flexibility index (Phi) is 5.88. The fourth-order valence-electron chi connectivity index (χ4n) is 4.62. The quantitative estimate of drug-likeness (QED) is 0.675. The fourth-order valence-corrected chi connectivity index (χ4v) is 4.62. The van der Waals surface area contributed by atoms with Gasteiger partial charge in [-0.05, 0) is 76.0 Å². The largest absolute Gasteiger partial charge is 0.369 e. The van der Waals surface area contributed by atoms with Gasteiger partial charge in [-0.3, -0.25) is 9.59 Å². The monoisotopic (exact) mass is 418 g/mol. The normalized spacial score (nSPS) is 16.6. The molecule has 0 aliphatic heterocycles. The zero-order chi connectivity index (χ0) is 23.1. The topological polar surface area (TPSA) is 86.2 Å². The highest BCUT2D eigenvalue weighted by Gasteiger charge is 2.37. The highest BCUT2D eigenvalue weighted by Crippen LogP contribution is 2.47. The van der Waals surface area contributed by atoms with Gasteiger partial charge in [-0.1, -0.05) is 70.7 Å². The molecular weight excluding hydrogens is 384 g/mol. The standard InChI is InChI=1S/C27H34N2O2/c1-16-13-22-23(27(5,6)12-11-26(22,3)4)15-20(16)17(2)19-9-7-18(8-10-19)14-21(24(28)30)25(29)31/h7-10,13,15,21H,2,11-12,14H2,1,3-6H3,(H2,28,30)(H2,29,31). The minimum absolute atomic E-state index is 0.135. The Labute approximate surface area is 185 Å². The maximum Gasteiger partial charge on any atom is 0.230 e. The average Bonchev–Trinajstić information content (AvgIpc) is 2.69. The second-order valence-electron chi connectivity index (χ2n) is 10.2. The van der Waals surface area contributed by atoms with E-state index in [-0.39, 0.29) is 17.3 Å². The lowest BCUT2D eigenvalue weighted by atomic mass is 9.62. The molecule has 0 bridgehead atoms. The number of amides is 2. The lowest BCUT2D eigenvalue weighted by molar-refractivity contribution is -0.131. The zero-order valence-electron chi connectivity index (χ0n) is 19.3. The lowest BCUT2D eigenvalue weighted by Gasteiger charge is -2.42. The van der Waals surface area contributed by atoms with E-state index in [0.717, 1.165) is 28.7 Å². The molecule has 0 radical (unpaired) electrons. The molecule has 0 saturated heterocycles. The average molecular weight is 419 g/mol. The van der Waals surface area contributed by atoms with Crippen LogP contribution in [0.3, 0.4) is 0 Å². The van der Waals surface area contributed by atoms with Gasteiger partial charge in [0.25, 0.3) is 0 Å². The molecule has 3 rings (SSSR count). The number of rotatable bonds is 6. The van der Waals surface area contributed by atoms with Crippen LogP contribution in [-0.4, -0.2) is 11.8 Å². The lowest BCUT2D eigenvalue weighted by Crippen LogP contribution is -2.36. The van der Waals surface area contributed by atoms with Crippen LogP contribution in [0.5, 0.6) is 0 Å². The molecule has 2 aromatic rings. The highest BCUT2D eigenvalue weighted by molar-refractivity contribution is 5.99. The number of fused-ring (bicyclic) bond motifs is 1. The van der Waals surface area contributed by atoms with Crippen molar-refractivity contribution in [2.24, 2.45) is 17.4 Å². The molecule has 164 valence electrons.